The summed E-state index contributed by atoms with van der Waals surface area (Å²) in [5.74, 6) is 1.10. The number of hydrogen-bond acceptors (Lipinski definition) is 9. The van der Waals surface area contributed by atoms with Crippen molar-refractivity contribution < 1.29 is 19.0 Å². The number of thioether (sulfide) groups is 1. The van der Waals surface area contributed by atoms with Gasteiger partial charge in [-0.25, -0.2) is 4.98 Å². The highest BCUT2D eigenvalue weighted by Gasteiger charge is 2.24. The fraction of sp³-hybridized carbons (Fsp3) is 0.424. The van der Waals surface area contributed by atoms with E-state index in [9.17, 15) is 9.59 Å². The van der Waals surface area contributed by atoms with Gasteiger partial charge in [0.1, 0.15) is 16.3 Å². The highest BCUT2D eigenvalue weighted by atomic mass is 32.2. The maximum Gasteiger partial charge on any atom is 0.267 e. The van der Waals surface area contributed by atoms with E-state index in [-0.39, 0.29) is 17.2 Å². The van der Waals surface area contributed by atoms with Crippen LogP contribution in [-0.2, 0) is 22.4 Å². The molecule has 2 aliphatic rings. The number of benzene rings is 2. The number of morpholine rings is 1. The molecular formula is C33H38N4O5S2. The van der Waals surface area contributed by atoms with Crippen molar-refractivity contribution in [2.24, 2.45) is 0 Å². The minimum Gasteiger partial charge on any atom is -0.492 e. The average Bonchev–Trinajstić information content (AvgIpc) is 3.41. The fourth-order valence-corrected chi connectivity index (χ4v) is 7.88. The van der Waals surface area contributed by atoms with Crippen LogP contribution in [0.1, 0.15) is 42.7 Å². The number of thiophene rings is 1. The summed E-state index contributed by atoms with van der Waals surface area (Å²) in [5, 5.41) is 4.26. The van der Waals surface area contributed by atoms with Crippen molar-refractivity contribution in [3.63, 3.8) is 0 Å². The Morgan fingerprint density at radius 1 is 1.05 bits per heavy atom. The minimum absolute atomic E-state index is 0.0651. The van der Waals surface area contributed by atoms with Gasteiger partial charge in [0.2, 0.25) is 5.91 Å². The smallest absolute Gasteiger partial charge is 0.267 e. The first-order valence-electron chi connectivity index (χ1n) is 15.3. The third kappa shape index (κ3) is 6.31. The zero-order valence-corrected chi connectivity index (χ0v) is 27.1. The summed E-state index contributed by atoms with van der Waals surface area (Å²) in [5.41, 5.74) is 4.39. The van der Waals surface area contributed by atoms with Crippen molar-refractivity contribution >= 4 is 50.6 Å². The summed E-state index contributed by atoms with van der Waals surface area (Å²) in [6.45, 7) is 9.61. The van der Waals surface area contributed by atoms with Crippen LogP contribution in [0, 0.1) is 6.92 Å². The van der Waals surface area contributed by atoms with Crippen LogP contribution >= 0.6 is 23.1 Å². The van der Waals surface area contributed by atoms with Crippen molar-refractivity contribution in [1.82, 2.24) is 9.55 Å². The molecule has 4 aromatic rings. The molecule has 44 heavy (non-hydrogen) atoms. The molecule has 6 rings (SSSR count). The zero-order valence-electron chi connectivity index (χ0n) is 25.4. The number of nitrogens with zero attached hydrogens (tertiary/aromatic N) is 3. The number of carbonyl (C=O) groups excluding carboxylic acids is 1. The second-order valence-electron chi connectivity index (χ2n) is 10.9. The van der Waals surface area contributed by atoms with Gasteiger partial charge in [-0.3, -0.25) is 14.2 Å². The van der Waals surface area contributed by atoms with E-state index in [4.69, 9.17) is 19.2 Å². The Bertz CT molecular complexity index is 1710. The summed E-state index contributed by atoms with van der Waals surface area (Å²) in [6.07, 6.45) is 4.12. The summed E-state index contributed by atoms with van der Waals surface area (Å²) < 4.78 is 19.2. The molecule has 1 aliphatic heterocycles. The Hall–Kier alpha value is -3.54. The van der Waals surface area contributed by atoms with Crippen LogP contribution in [0.4, 0.5) is 11.4 Å². The lowest BCUT2D eigenvalue weighted by molar-refractivity contribution is -0.113. The normalized spacial score (nSPS) is 14.8. The average molecular weight is 635 g/mol. The van der Waals surface area contributed by atoms with Gasteiger partial charge < -0.3 is 24.4 Å². The van der Waals surface area contributed by atoms with Crippen LogP contribution in [0.3, 0.4) is 0 Å². The molecule has 232 valence electrons. The molecule has 9 nitrogen and oxygen atoms in total. The second-order valence-corrected chi connectivity index (χ2v) is 12.9. The molecule has 0 bridgehead atoms. The van der Waals surface area contributed by atoms with E-state index in [2.05, 4.69) is 10.2 Å². The third-order valence-electron chi connectivity index (χ3n) is 7.87. The molecule has 0 radical (unpaired) electrons. The first-order chi connectivity index (χ1) is 21.5. The summed E-state index contributed by atoms with van der Waals surface area (Å²) in [4.78, 5) is 36.7. The van der Waals surface area contributed by atoms with Gasteiger partial charge in [-0.1, -0.05) is 29.5 Å². The Balaban J connectivity index is 1.30. The molecule has 1 N–H and O–H groups in total. The monoisotopic (exact) mass is 634 g/mol. The minimum atomic E-state index is -0.229. The van der Waals surface area contributed by atoms with Crippen molar-refractivity contribution in [3.8, 4) is 17.2 Å². The fourth-order valence-electron chi connectivity index (χ4n) is 5.77. The van der Waals surface area contributed by atoms with Crippen LogP contribution < -0.4 is 25.2 Å². The van der Waals surface area contributed by atoms with Gasteiger partial charge in [-0.2, -0.15) is 0 Å². The van der Waals surface area contributed by atoms with Crippen LogP contribution in [0.25, 0.3) is 15.9 Å². The number of ether oxygens (including phenoxy) is 3. The molecule has 2 aromatic heterocycles. The first kappa shape index (κ1) is 30.5. The standard InChI is InChI=1S/C33H38N4O5S2/c1-4-41-26-19-25(36-14-16-40-17-15-36)27(42-5-2)18-24(26)34-29(38)20-43-33-35-31-30(23-8-6-7-9-28(23)44-31)32(39)37(33)22-12-10-21(3)11-13-22/h10-13,18-19H,4-9,14-17,20H2,1-3H3,(H,34,38). The number of rotatable bonds is 10. The van der Waals surface area contributed by atoms with Gasteiger partial charge in [-0.05, 0) is 64.2 Å². The topological polar surface area (TPSA) is 94.9 Å². The number of fused-ring (bicyclic) bond motifs is 3. The van der Waals surface area contributed by atoms with Crippen molar-refractivity contribution in [3.05, 3.63) is 62.8 Å². The molecular weight excluding hydrogens is 597 g/mol. The van der Waals surface area contributed by atoms with Gasteiger partial charge in [0.15, 0.2) is 5.16 Å². The van der Waals surface area contributed by atoms with Gasteiger partial charge >= 0.3 is 0 Å². The third-order valence-corrected chi connectivity index (χ3v) is 9.99. The lowest BCUT2D eigenvalue weighted by Gasteiger charge is -2.31. The predicted octanol–water partition coefficient (Wildman–Crippen LogP) is 6.00. The van der Waals surface area contributed by atoms with Gasteiger partial charge in [0.25, 0.3) is 5.56 Å². The van der Waals surface area contributed by atoms with Gasteiger partial charge in [-0.15, -0.1) is 11.3 Å². The maximum absolute atomic E-state index is 14.1. The number of nitrogens with one attached hydrogen (secondary N) is 1. The lowest BCUT2D eigenvalue weighted by atomic mass is 9.97. The Labute approximate surface area is 265 Å². The van der Waals surface area contributed by atoms with E-state index < -0.39 is 0 Å². The lowest BCUT2D eigenvalue weighted by Crippen LogP contribution is -2.36. The van der Waals surface area contributed by atoms with E-state index in [0.717, 1.165) is 71.5 Å². The van der Waals surface area contributed by atoms with E-state index >= 15 is 0 Å². The molecule has 3 heterocycles. The van der Waals surface area contributed by atoms with Crippen LogP contribution in [0.2, 0.25) is 0 Å². The molecule has 1 fully saturated rings. The van der Waals surface area contributed by atoms with Crippen molar-refractivity contribution in [2.45, 2.75) is 51.6 Å². The Morgan fingerprint density at radius 2 is 1.77 bits per heavy atom. The largest absolute Gasteiger partial charge is 0.492 e. The van der Waals surface area contributed by atoms with Gasteiger partial charge in [0, 0.05) is 30.1 Å². The summed E-state index contributed by atoms with van der Waals surface area (Å²) in [7, 11) is 0. The van der Waals surface area contributed by atoms with E-state index in [0.29, 0.717) is 48.8 Å². The summed E-state index contributed by atoms with van der Waals surface area (Å²) in [6, 6.07) is 11.6. The summed E-state index contributed by atoms with van der Waals surface area (Å²) >= 11 is 2.88. The highest BCUT2D eigenvalue weighted by molar-refractivity contribution is 7.99. The number of amides is 1. The first-order valence-corrected chi connectivity index (χ1v) is 17.1. The Kier molecular flexibility index (Phi) is 9.44. The van der Waals surface area contributed by atoms with E-state index in [1.54, 1.807) is 15.9 Å². The molecule has 0 atom stereocenters. The second kappa shape index (κ2) is 13.6. The molecule has 1 aliphatic carbocycles. The molecule has 1 amide bonds. The predicted molar refractivity (Wildman–Crippen MR) is 178 cm³/mol. The number of aromatic nitrogens is 2. The van der Waals surface area contributed by atoms with Crippen molar-refractivity contribution in [2.75, 3.05) is 55.5 Å². The molecule has 2 aromatic carbocycles. The SMILES string of the molecule is CCOc1cc(N2CCOCC2)c(OCC)cc1NC(=O)CSc1nc2sc3c(c2c(=O)n1-c1ccc(C)cc1)CCCC3. The number of hydrogen-bond donors (Lipinski definition) is 1. The van der Waals surface area contributed by atoms with Crippen LogP contribution in [0.15, 0.2) is 46.3 Å². The molecule has 0 unspecified atom stereocenters. The molecule has 1 saturated heterocycles. The van der Waals surface area contributed by atoms with E-state index in [1.165, 1.54) is 16.6 Å². The molecule has 0 spiro atoms. The molecule has 0 saturated carbocycles. The molecule has 11 heteroatoms. The zero-order chi connectivity index (χ0) is 30.6. The van der Waals surface area contributed by atoms with E-state index in [1.807, 2.05) is 57.2 Å². The highest BCUT2D eigenvalue weighted by Crippen LogP contribution is 2.40. The van der Waals surface area contributed by atoms with Crippen LogP contribution in [0.5, 0.6) is 11.5 Å². The van der Waals surface area contributed by atoms with Crippen LogP contribution in [-0.4, -0.2) is 60.7 Å². The number of anilines is 2. The van der Waals surface area contributed by atoms with Gasteiger partial charge in [0.05, 0.1) is 54.6 Å². The van der Waals surface area contributed by atoms with Crippen molar-refractivity contribution in [1.29, 1.82) is 0 Å². The quantitative estimate of drug-likeness (QED) is 0.168. The number of aryl methyl sites for hydroxylation is 3. The Morgan fingerprint density at radius 3 is 2.52 bits per heavy atom. The maximum atomic E-state index is 14.1. The number of carbonyl (C=O) groups is 1.